The maximum atomic E-state index is 12.3. The van der Waals surface area contributed by atoms with Gasteiger partial charge in [0.25, 0.3) is 0 Å². The largest absolute Gasteiger partial charge is 0.493 e. The Morgan fingerprint density at radius 3 is 2.33 bits per heavy atom. The predicted molar refractivity (Wildman–Crippen MR) is 98.1 cm³/mol. The molecule has 0 fully saturated rings. The van der Waals surface area contributed by atoms with Gasteiger partial charge in [-0.25, -0.2) is 0 Å². The summed E-state index contributed by atoms with van der Waals surface area (Å²) in [6, 6.07) is 13.4. The van der Waals surface area contributed by atoms with Gasteiger partial charge in [-0.05, 0) is 56.3 Å². The molecule has 0 saturated carbocycles. The van der Waals surface area contributed by atoms with Gasteiger partial charge in [-0.15, -0.1) is 0 Å². The van der Waals surface area contributed by atoms with E-state index in [0.29, 0.717) is 23.1 Å². The summed E-state index contributed by atoms with van der Waals surface area (Å²) in [5.74, 6) is 1.19. The number of ketones is 1. The second-order valence-electron chi connectivity index (χ2n) is 5.66. The number of para-hydroxylation sites is 1. The lowest BCUT2D eigenvalue weighted by atomic mass is 10.1. The van der Waals surface area contributed by atoms with Crippen molar-refractivity contribution >= 4 is 17.5 Å². The SMILES string of the molecule is COc1cccc(/C=C/C(=O)c2ccc(NC(C)C)cc2)c1OC. The van der Waals surface area contributed by atoms with Crippen molar-refractivity contribution in [3.8, 4) is 11.5 Å². The Morgan fingerprint density at radius 1 is 1.04 bits per heavy atom. The standard InChI is InChI=1S/C20H23NO3/c1-14(2)21-17-11-8-15(9-12-17)18(22)13-10-16-6-5-7-19(23-3)20(16)24-4/h5-14,21H,1-4H3/b13-10+. The van der Waals surface area contributed by atoms with Crippen LogP contribution in [-0.2, 0) is 0 Å². The van der Waals surface area contributed by atoms with Gasteiger partial charge >= 0.3 is 0 Å². The molecule has 0 atom stereocenters. The molecule has 4 nitrogen and oxygen atoms in total. The number of rotatable bonds is 7. The molecule has 2 rings (SSSR count). The van der Waals surface area contributed by atoms with Crippen LogP contribution in [0.5, 0.6) is 11.5 Å². The number of ether oxygens (including phenoxy) is 2. The van der Waals surface area contributed by atoms with E-state index in [1.165, 1.54) is 0 Å². The fraction of sp³-hybridized carbons (Fsp3) is 0.250. The van der Waals surface area contributed by atoms with Crippen molar-refractivity contribution in [1.82, 2.24) is 0 Å². The van der Waals surface area contributed by atoms with Gasteiger partial charge in [0.15, 0.2) is 17.3 Å². The summed E-state index contributed by atoms with van der Waals surface area (Å²) in [5.41, 5.74) is 2.44. The van der Waals surface area contributed by atoms with Crippen LogP contribution in [0, 0.1) is 0 Å². The molecule has 0 radical (unpaired) electrons. The molecule has 0 aliphatic carbocycles. The van der Waals surface area contributed by atoms with Crippen LogP contribution in [-0.4, -0.2) is 26.0 Å². The minimum Gasteiger partial charge on any atom is -0.493 e. The van der Waals surface area contributed by atoms with Crippen molar-refractivity contribution in [2.24, 2.45) is 0 Å². The predicted octanol–water partition coefficient (Wildman–Crippen LogP) is 4.42. The van der Waals surface area contributed by atoms with Crippen LogP contribution in [0.25, 0.3) is 6.08 Å². The first-order valence-corrected chi connectivity index (χ1v) is 7.85. The second kappa shape index (κ2) is 8.20. The quantitative estimate of drug-likeness (QED) is 0.605. The van der Waals surface area contributed by atoms with E-state index >= 15 is 0 Å². The lowest BCUT2D eigenvalue weighted by molar-refractivity contribution is 0.104. The van der Waals surface area contributed by atoms with E-state index in [4.69, 9.17) is 9.47 Å². The number of nitrogens with one attached hydrogen (secondary N) is 1. The van der Waals surface area contributed by atoms with E-state index in [0.717, 1.165) is 11.3 Å². The van der Waals surface area contributed by atoms with Crippen LogP contribution >= 0.6 is 0 Å². The van der Waals surface area contributed by atoms with E-state index in [9.17, 15) is 4.79 Å². The molecule has 0 bridgehead atoms. The number of anilines is 1. The molecule has 0 aliphatic heterocycles. The third kappa shape index (κ3) is 4.38. The van der Waals surface area contributed by atoms with Gasteiger partial charge in [0.2, 0.25) is 0 Å². The van der Waals surface area contributed by atoms with Crippen molar-refractivity contribution in [3.63, 3.8) is 0 Å². The molecule has 0 unspecified atom stereocenters. The lowest BCUT2D eigenvalue weighted by Crippen LogP contribution is -2.09. The Hall–Kier alpha value is -2.75. The molecule has 126 valence electrons. The zero-order valence-corrected chi connectivity index (χ0v) is 14.5. The fourth-order valence-electron chi connectivity index (χ4n) is 2.37. The third-order valence-electron chi connectivity index (χ3n) is 3.47. The normalized spacial score (nSPS) is 10.9. The topological polar surface area (TPSA) is 47.6 Å². The van der Waals surface area contributed by atoms with Gasteiger partial charge in [-0.2, -0.15) is 0 Å². The summed E-state index contributed by atoms with van der Waals surface area (Å²) in [5, 5.41) is 3.30. The highest BCUT2D eigenvalue weighted by molar-refractivity contribution is 6.07. The second-order valence-corrected chi connectivity index (χ2v) is 5.66. The highest BCUT2D eigenvalue weighted by Crippen LogP contribution is 2.31. The molecular formula is C20H23NO3. The number of allylic oxidation sites excluding steroid dienone is 1. The Kier molecular flexibility index (Phi) is 6.01. The summed E-state index contributed by atoms with van der Waals surface area (Å²) < 4.78 is 10.6. The first-order chi connectivity index (χ1) is 11.5. The van der Waals surface area contributed by atoms with Crippen LogP contribution in [0.1, 0.15) is 29.8 Å². The molecule has 0 amide bonds. The first kappa shape index (κ1) is 17.6. The Labute approximate surface area is 143 Å². The molecule has 24 heavy (non-hydrogen) atoms. The molecule has 1 N–H and O–H groups in total. The van der Waals surface area contributed by atoms with Crippen LogP contribution in [0.15, 0.2) is 48.5 Å². The maximum Gasteiger partial charge on any atom is 0.185 e. The van der Waals surface area contributed by atoms with Crippen molar-refractivity contribution in [1.29, 1.82) is 0 Å². The molecule has 2 aromatic carbocycles. The average molecular weight is 325 g/mol. The number of hydrogen-bond acceptors (Lipinski definition) is 4. The summed E-state index contributed by atoms with van der Waals surface area (Å²) in [4.78, 5) is 12.3. The molecule has 2 aromatic rings. The molecule has 0 saturated heterocycles. The zero-order valence-electron chi connectivity index (χ0n) is 14.5. The van der Waals surface area contributed by atoms with Gasteiger partial charge in [0, 0.05) is 22.9 Å². The minimum atomic E-state index is -0.0593. The van der Waals surface area contributed by atoms with E-state index in [2.05, 4.69) is 19.2 Å². The maximum absolute atomic E-state index is 12.3. The number of carbonyl (C=O) groups excluding carboxylic acids is 1. The van der Waals surface area contributed by atoms with E-state index in [1.54, 1.807) is 26.4 Å². The lowest BCUT2D eigenvalue weighted by Gasteiger charge is -2.10. The Bertz CT molecular complexity index is 718. The summed E-state index contributed by atoms with van der Waals surface area (Å²) in [6.07, 6.45) is 3.28. The van der Waals surface area contributed by atoms with Gasteiger partial charge in [-0.1, -0.05) is 12.1 Å². The van der Waals surface area contributed by atoms with Crippen LogP contribution < -0.4 is 14.8 Å². The fourth-order valence-corrected chi connectivity index (χ4v) is 2.37. The smallest absolute Gasteiger partial charge is 0.185 e. The number of hydrogen-bond donors (Lipinski definition) is 1. The van der Waals surface area contributed by atoms with Crippen molar-refractivity contribution in [2.45, 2.75) is 19.9 Å². The summed E-state index contributed by atoms with van der Waals surface area (Å²) >= 11 is 0. The molecule has 0 aliphatic rings. The van der Waals surface area contributed by atoms with Crippen molar-refractivity contribution in [2.75, 3.05) is 19.5 Å². The molecule has 0 spiro atoms. The minimum absolute atomic E-state index is 0.0593. The molecule has 0 aromatic heterocycles. The van der Waals surface area contributed by atoms with Crippen LogP contribution in [0.2, 0.25) is 0 Å². The Morgan fingerprint density at radius 2 is 1.75 bits per heavy atom. The summed E-state index contributed by atoms with van der Waals surface area (Å²) in [6.45, 7) is 4.15. The monoisotopic (exact) mass is 325 g/mol. The van der Waals surface area contributed by atoms with Crippen molar-refractivity contribution < 1.29 is 14.3 Å². The molecular weight excluding hydrogens is 302 g/mol. The van der Waals surface area contributed by atoms with E-state index in [-0.39, 0.29) is 5.78 Å². The summed E-state index contributed by atoms with van der Waals surface area (Å²) in [7, 11) is 3.17. The van der Waals surface area contributed by atoms with Gasteiger partial charge in [0.1, 0.15) is 0 Å². The van der Waals surface area contributed by atoms with Gasteiger partial charge in [-0.3, -0.25) is 4.79 Å². The zero-order chi connectivity index (χ0) is 17.5. The van der Waals surface area contributed by atoms with Crippen LogP contribution in [0.4, 0.5) is 5.69 Å². The van der Waals surface area contributed by atoms with Crippen LogP contribution in [0.3, 0.4) is 0 Å². The van der Waals surface area contributed by atoms with E-state index in [1.807, 2.05) is 42.5 Å². The van der Waals surface area contributed by atoms with Gasteiger partial charge < -0.3 is 14.8 Å². The number of carbonyl (C=O) groups is 1. The average Bonchev–Trinajstić information content (AvgIpc) is 2.59. The van der Waals surface area contributed by atoms with E-state index < -0.39 is 0 Å². The number of methoxy groups -OCH3 is 2. The highest BCUT2D eigenvalue weighted by Gasteiger charge is 2.08. The third-order valence-corrected chi connectivity index (χ3v) is 3.47. The molecule has 0 heterocycles. The Balaban J connectivity index is 2.16. The van der Waals surface area contributed by atoms with Gasteiger partial charge in [0.05, 0.1) is 14.2 Å². The highest BCUT2D eigenvalue weighted by atomic mass is 16.5. The first-order valence-electron chi connectivity index (χ1n) is 7.85. The van der Waals surface area contributed by atoms with Crippen molar-refractivity contribution in [3.05, 3.63) is 59.7 Å². The molecule has 4 heteroatoms. The number of benzene rings is 2.